The zero-order valence-electron chi connectivity index (χ0n) is 13.1. The highest BCUT2D eigenvalue weighted by molar-refractivity contribution is 5.92. The zero-order valence-corrected chi connectivity index (χ0v) is 14.0. The fourth-order valence-electron chi connectivity index (χ4n) is 3.50. The molecule has 0 aromatic carbocycles. The van der Waals surface area contributed by atoms with Gasteiger partial charge in [0.1, 0.15) is 5.54 Å². The number of rotatable bonds is 3. The van der Waals surface area contributed by atoms with E-state index in [1.165, 1.54) is 4.90 Å². The van der Waals surface area contributed by atoms with E-state index in [-0.39, 0.29) is 42.8 Å². The smallest absolute Gasteiger partial charge is 0.241 e. The molecule has 6 nitrogen and oxygen atoms in total. The molecule has 122 valence electrons. The lowest BCUT2D eigenvalue weighted by Gasteiger charge is -2.65. The predicted molar refractivity (Wildman–Crippen MR) is 82.1 cm³/mol. The number of carbonyl (C=O) groups is 2. The Morgan fingerprint density at radius 2 is 2.00 bits per heavy atom. The van der Waals surface area contributed by atoms with Crippen molar-refractivity contribution in [2.45, 2.75) is 38.3 Å². The molecule has 0 aromatic rings. The minimum absolute atomic E-state index is 0. The highest BCUT2D eigenvalue weighted by Gasteiger charge is 2.70. The van der Waals surface area contributed by atoms with Crippen molar-refractivity contribution in [3.8, 4) is 0 Å². The van der Waals surface area contributed by atoms with Crippen molar-refractivity contribution in [3.05, 3.63) is 0 Å². The van der Waals surface area contributed by atoms with Crippen LogP contribution in [0.5, 0.6) is 0 Å². The molecule has 1 saturated heterocycles. The first kappa shape index (κ1) is 18.2. The van der Waals surface area contributed by atoms with E-state index >= 15 is 0 Å². The molecular weight excluding hydrogens is 294 g/mol. The van der Waals surface area contributed by atoms with Crippen LogP contribution in [0.15, 0.2) is 0 Å². The van der Waals surface area contributed by atoms with Crippen molar-refractivity contribution in [2.24, 2.45) is 17.1 Å². The molecule has 1 saturated carbocycles. The minimum atomic E-state index is -0.954. The fourth-order valence-corrected chi connectivity index (χ4v) is 3.50. The molecule has 2 fully saturated rings. The van der Waals surface area contributed by atoms with Gasteiger partial charge < -0.3 is 20.7 Å². The van der Waals surface area contributed by atoms with Crippen molar-refractivity contribution in [2.75, 3.05) is 27.2 Å². The molecule has 1 aliphatic heterocycles. The van der Waals surface area contributed by atoms with Crippen LogP contribution >= 0.6 is 12.4 Å². The van der Waals surface area contributed by atoms with Crippen LogP contribution in [0.3, 0.4) is 0 Å². The summed E-state index contributed by atoms with van der Waals surface area (Å²) >= 11 is 0. The Kier molecular flexibility index (Phi) is 5.29. The normalized spacial score (nSPS) is 33.0. The first-order valence-electron chi connectivity index (χ1n) is 7.12. The summed E-state index contributed by atoms with van der Waals surface area (Å²) in [4.78, 5) is 25.5. The van der Waals surface area contributed by atoms with Gasteiger partial charge in [-0.05, 0) is 12.8 Å². The van der Waals surface area contributed by atoms with Gasteiger partial charge in [-0.25, -0.2) is 0 Å². The minimum Gasteiger partial charge on any atom is -0.377 e. The lowest BCUT2D eigenvalue weighted by atomic mass is 9.46. The van der Waals surface area contributed by atoms with Gasteiger partial charge in [0, 0.05) is 32.0 Å². The number of nitrogens with one attached hydrogen (secondary N) is 1. The first-order chi connectivity index (χ1) is 9.23. The van der Waals surface area contributed by atoms with Gasteiger partial charge in [-0.3, -0.25) is 9.59 Å². The quantitative estimate of drug-likeness (QED) is 0.775. The Bertz CT molecular complexity index is 428. The average Bonchev–Trinajstić information content (AvgIpc) is 2.43. The number of hydrogen-bond acceptors (Lipinski definition) is 4. The van der Waals surface area contributed by atoms with E-state index < -0.39 is 11.0 Å². The number of nitrogens with zero attached hydrogens (tertiary/aromatic N) is 1. The molecule has 7 heteroatoms. The van der Waals surface area contributed by atoms with Gasteiger partial charge in [0.15, 0.2) is 0 Å². The fraction of sp³-hybridized carbons (Fsp3) is 0.857. The molecule has 0 radical (unpaired) electrons. The Morgan fingerprint density at radius 3 is 2.57 bits per heavy atom. The van der Waals surface area contributed by atoms with Crippen LogP contribution in [0.25, 0.3) is 0 Å². The van der Waals surface area contributed by atoms with Crippen molar-refractivity contribution < 1.29 is 14.3 Å². The highest BCUT2D eigenvalue weighted by atomic mass is 35.5. The molecule has 2 amide bonds. The molecule has 2 aliphatic rings. The zero-order chi connectivity index (χ0) is 15.1. The van der Waals surface area contributed by atoms with Gasteiger partial charge in [0.2, 0.25) is 11.8 Å². The Balaban J connectivity index is 0.00000220. The average molecular weight is 320 g/mol. The third kappa shape index (κ3) is 2.64. The number of halogens is 1. The molecule has 2 rings (SSSR count). The standard InChI is InChI=1S/C14H25N3O3.ClH/c1-13(2)11-9(6-5-7-20-11)14(13,15)12(19)16-8-10(18)17(3)4;/h9,11H,5-8,15H2,1-4H3,(H,16,19);1H. The van der Waals surface area contributed by atoms with Crippen LogP contribution in [-0.2, 0) is 14.3 Å². The van der Waals surface area contributed by atoms with Gasteiger partial charge in [-0.1, -0.05) is 13.8 Å². The SMILES string of the molecule is CN(C)C(=O)CNC(=O)C1(N)C2CCCOC2C1(C)C.Cl. The summed E-state index contributed by atoms with van der Waals surface area (Å²) in [6.07, 6.45) is 1.87. The summed E-state index contributed by atoms with van der Waals surface area (Å²) in [7, 11) is 3.32. The summed E-state index contributed by atoms with van der Waals surface area (Å²) in [5.41, 5.74) is 5.06. The molecule has 0 spiro atoms. The van der Waals surface area contributed by atoms with E-state index in [0.29, 0.717) is 0 Å². The van der Waals surface area contributed by atoms with Gasteiger partial charge in [-0.2, -0.15) is 0 Å². The van der Waals surface area contributed by atoms with Crippen LogP contribution in [-0.4, -0.2) is 55.6 Å². The lowest BCUT2D eigenvalue weighted by Crippen LogP contribution is -2.82. The summed E-state index contributed by atoms with van der Waals surface area (Å²) < 4.78 is 5.77. The third-order valence-corrected chi connectivity index (χ3v) is 4.96. The molecule has 1 aliphatic carbocycles. The summed E-state index contributed by atoms with van der Waals surface area (Å²) in [6, 6.07) is 0. The maximum absolute atomic E-state index is 12.5. The maximum atomic E-state index is 12.5. The van der Waals surface area contributed by atoms with E-state index in [4.69, 9.17) is 10.5 Å². The van der Waals surface area contributed by atoms with E-state index in [1.54, 1.807) is 14.1 Å². The Labute approximate surface area is 132 Å². The van der Waals surface area contributed by atoms with E-state index in [0.717, 1.165) is 19.4 Å². The predicted octanol–water partition coefficient (Wildman–Crippen LogP) is 0.145. The second kappa shape index (κ2) is 6.10. The molecule has 3 atom stereocenters. The third-order valence-electron chi connectivity index (χ3n) is 4.96. The van der Waals surface area contributed by atoms with Crippen LogP contribution in [0.2, 0.25) is 0 Å². The molecule has 21 heavy (non-hydrogen) atoms. The van der Waals surface area contributed by atoms with Gasteiger partial charge in [0.05, 0.1) is 12.6 Å². The maximum Gasteiger partial charge on any atom is 0.241 e. The second-order valence-corrected chi connectivity index (χ2v) is 6.60. The van der Waals surface area contributed by atoms with E-state index in [9.17, 15) is 9.59 Å². The highest BCUT2D eigenvalue weighted by Crippen LogP contribution is 2.57. The second-order valence-electron chi connectivity index (χ2n) is 6.60. The molecule has 3 N–H and O–H groups in total. The van der Waals surface area contributed by atoms with E-state index in [2.05, 4.69) is 5.32 Å². The number of hydrogen-bond donors (Lipinski definition) is 2. The number of likely N-dealkylation sites (N-methyl/N-ethyl adjacent to an activating group) is 1. The van der Waals surface area contributed by atoms with E-state index in [1.807, 2.05) is 13.8 Å². The summed E-state index contributed by atoms with van der Waals surface area (Å²) in [5, 5.41) is 2.68. The molecule has 1 heterocycles. The van der Waals surface area contributed by atoms with Crippen molar-refractivity contribution in [3.63, 3.8) is 0 Å². The topological polar surface area (TPSA) is 84.7 Å². The Morgan fingerprint density at radius 1 is 1.38 bits per heavy atom. The molecular formula is C14H26ClN3O3. The number of ether oxygens (including phenoxy) is 1. The van der Waals surface area contributed by atoms with Crippen LogP contribution in [0.1, 0.15) is 26.7 Å². The molecule has 0 aromatic heterocycles. The van der Waals surface area contributed by atoms with Gasteiger partial charge in [0.25, 0.3) is 0 Å². The van der Waals surface area contributed by atoms with Crippen LogP contribution < -0.4 is 11.1 Å². The Hall–Kier alpha value is -0.850. The number of fused-ring (bicyclic) bond motifs is 1. The summed E-state index contributed by atoms with van der Waals surface area (Å²) in [5.74, 6) is -0.347. The molecule has 0 bridgehead atoms. The molecule has 3 unspecified atom stereocenters. The number of nitrogens with two attached hydrogens (primary N) is 1. The summed E-state index contributed by atoms with van der Waals surface area (Å²) in [6.45, 7) is 4.65. The lowest BCUT2D eigenvalue weighted by molar-refractivity contribution is -0.225. The van der Waals surface area contributed by atoms with Crippen molar-refractivity contribution >= 4 is 24.2 Å². The number of amides is 2. The van der Waals surface area contributed by atoms with Crippen LogP contribution in [0.4, 0.5) is 0 Å². The monoisotopic (exact) mass is 319 g/mol. The first-order valence-corrected chi connectivity index (χ1v) is 7.12. The van der Waals surface area contributed by atoms with Gasteiger partial charge >= 0.3 is 0 Å². The van der Waals surface area contributed by atoms with Gasteiger partial charge in [-0.15, -0.1) is 12.4 Å². The van der Waals surface area contributed by atoms with Crippen molar-refractivity contribution in [1.29, 1.82) is 0 Å². The van der Waals surface area contributed by atoms with Crippen LogP contribution in [0, 0.1) is 11.3 Å². The largest absolute Gasteiger partial charge is 0.377 e. The number of carbonyl (C=O) groups excluding carboxylic acids is 2. The van der Waals surface area contributed by atoms with Crippen molar-refractivity contribution in [1.82, 2.24) is 10.2 Å².